The van der Waals surface area contributed by atoms with Gasteiger partial charge < -0.3 is 15.4 Å². The summed E-state index contributed by atoms with van der Waals surface area (Å²) in [6, 6.07) is 2.33. The average molecular weight is 345 g/mol. The maximum absolute atomic E-state index is 13.6. The van der Waals surface area contributed by atoms with Gasteiger partial charge in [-0.3, -0.25) is 4.99 Å². The van der Waals surface area contributed by atoms with Crippen molar-refractivity contribution in [3.8, 4) is 0 Å². The van der Waals surface area contributed by atoms with Gasteiger partial charge in [0.25, 0.3) is 0 Å². The normalized spacial score (nSPS) is 20.6. The highest BCUT2D eigenvalue weighted by molar-refractivity contribution is 6.09. The van der Waals surface area contributed by atoms with Crippen molar-refractivity contribution < 1.29 is 13.5 Å². The van der Waals surface area contributed by atoms with Crippen molar-refractivity contribution in [3.63, 3.8) is 0 Å². The minimum absolute atomic E-state index is 0.418. The van der Waals surface area contributed by atoms with Gasteiger partial charge in [-0.1, -0.05) is 31.4 Å². The monoisotopic (exact) mass is 345 g/mol. The molecule has 132 valence electrons. The van der Waals surface area contributed by atoms with E-state index in [2.05, 4.69) is 28.8 Å². The predicted molar refractivity (Wildman–Crippen MR) is 97.2 cm³/mol. The molecule has 0 bridgehead atoms. The van der Waals surface area contributed by atoms with E-state index >= 15 is 0 Å². The number of amidine groups is 1. The van der Waals surface area contributed by atoms with Crippen LogP contribution < -0.4 is 10.6 Å². The Morgan fingerprint density at radius 1 is 1.20 bits per heavy atom. The predicted octanol–water partition coefficient (Wildman–Crippen LogP) is 4.05. The Bertz CT molecular complexity index is 749. The van der Waals surface area contributed by atoms with Crippen LogP contribution in [0.25, 0.3) is 0 Å². The van der Waals surface area contributed by atoms with Crippen LogP contribution in [-0.2, 0) is 4.74 Å². The highest BCUT2D eigenvalue weighted by atomic mass is 19.2. The molecule has 3 rings (SSSR count). The van der Waals surface area contributed by atoms with E-state index in [1.165, 1.54) is 6.07 Å². The Kier molecular flexibility index (Phi) is 4.99. The van der Waals surface area contributed by atoms with Crippen LogP contribution in [0.1, 0.15) is 12.8 Å². The van der Waals surface area contributed by atoms with E-state index in [0.29, 0.717) is 49.8 Å². The molecule has 2 aliphatic heterocycles. The lowest BCUT2D eigenvalue weighted by molar-refractivity contribution is 0.0778. The van der Waals surface area contributed by atoms with Crippen LogP contribution in [0.15, 0.2) is 54.1 Å². The zero-order valence-electron chi connectivity index (χ0n) is 13.9. The number of nitrogens with zero attached hydrogens (tertiary/aromatic N) is 1. The quantitative estimate of drug-likeness (QED) is 0.810. The second-order valence-electron chi connectivity index (χ2n) is 6.10. The minimum atomic E-state index is -0.895. The number of allylic oxidation sites excluding steroid dienone is 2. The number of halogens is 2. The first-order chi connectivity index (χ1) is 12.1. The van der Waals surface area contributed by atoms with Gasteiger partial charge >= 0.3 is 0 Å². The molecule has 2 aliphatic rings. The van der Waals surface area contributed by atoms with Crippen LogP contribution >= 0.6 is 0 Å². The lowest BCUT2D eigenvalue weighted by Gasteiger charge is -2.43. The summed E-state index contributed by atoms with van der Waals surface area (Å²) in [5.74, 6) is -1.07. The standard InChI is InChI=1S/C19H21F2N3O/c1-3-5-13(4-2)12-22-18-19(6-8-25-9-7-19)24-17-11-15(21)14(20)10-16(17)23-18/h3-5,10-11,24H,1-2,6-9,12H2,(H,22,23)/b13-5+. The van der Waals surface area contributed by atoms with Crippen molar-refractivity contribution >= 4 is 17.2 Å². The zero-order chi connectivity index (χ0) is 17.9. The maximum atomic E-state index is 13.6. The second-order valence-corrected chi connectivity index (χ2v) is 6.10. The van der Waals surface area contributed by atoms with Crippen molar-refractivity contribution in [3.05, 3.63) is 60.7 Å². The lowest BCUT2D eigenvalue weighted by atomic mass is 9.86. The third-order valence-corrected chi connectivity index (χ3v) is 4.50. The van der Waals surface area contributed by atoms with E-state index in [4.69, 9.17) is 4.74 Å². The molecule has 1 spiro atoms. The van der Waals surface area contributed by atoms with Gasteiger partial charge in [0, 0.05) is 38.2 Å². The Hall–Kier alpha value is -2.47. The Labute approximate surface area is 146 Å². The number of hydrogen-bond donors (Lipinski definition) is 2. The number of benzene rings is 1. The molecule has 0 aromatic heterocycles. The Morgan fingerprint density at radius 3 is 2.52 bits per heavy atom. The molecule has 0 radical (unpaired) electrons. The van der Waals surface area contributed by atoms with E-state index in [-0.39, 0.29) is 0 Å². The Balaban J connectivity index is 1.98. The first-order valence-corrected chi connectivity index (χ1v) is 8.19. The van der Waals surface area contributed by atoms with Crippen molar-refractivity contribution in [1.29, 1.82) is 0 Å². The number of nitrogens with one attached hydrogen (secondary N) is 2. The van der Waals surface area contributed by atoms with Gasteiger partial charge in [-0.2, -0.15) is 0 Å². The third-order valence-electron chi connectivity index (χ3n) is 4.50. The summed E-state index contributed by atoms with van der Waals surface area (Å²) in [6.07, 6.45) is 6.62. The first kappa shape index (κ1) is 17.4. The number of hydrogen-bond acceptors (Lipinski definition) is 3. The van der Waals surface area contributed by atoms with E-state index < -0.39 is 17.2 Å². The van der Waals surface area contributed by atoms with Crippen molar-refractivity contribution in [1.82, 2.24) is 0 Å². The summed E-state index contributed by atoms with van der Waals surface area (Å²) in [7, 11) is 0. The average Bonchev–Trinajstić information content (AvgIpc) is 2.61. The molecule has 0 saturated carbocycles. The van der Waals surface area contributed by atoms with E-state index in [9.17, 15) is 8.78 Å². The minimum Gasteiger partial charge on any atom is -0.381 e. The first-order valence-electron chi connectivity index (χ1n) is 8.19. The molecule has 1 fully saturated rings. The molecule has 4 nitrogen and oxygen atoms in total. The fourth-order valence-electron chi connectivity index (χ4n) is 3.10. The number of rotatable bonds is 4. The molecule has 0 unspecified atom stereocenters. The summed E-state index contributed by atoms with van der Waals surface area (Å²) in [5.41, 5.74) is 1.45. The van der Waals surface area contributed by atoms with Crippen molar-refractivity contribution in [2.45, 2.75) is 18.4 Å². The summed E-state index contributed by atoms with van der Waals surface area (Å²) in [5, 5.41) is 6.54. The van der Waals surface area contributed by atoms with Crippen molar-refractivity contribution in [2.24, 2.45) is 4.99 Å². The zero-order valence-corrected chi connectivity index (χ0v) is 13.9. The molecule has 2 N–H and O–H groups in total. The number of aliphatic imine (C=N–C) groups is 1. The SMILES string of the molecule is C=C/C=C(\C=C)CN=C1Nc2cc(F)c(F)cc2NC12CCOCC2. The van der Waals surface area contributed by atoms with Gasteiger partial charge in [-0.25, -0.2) is 8.78 Å². The van der Waals surface area contributed by atoms with E-state index in [1.807, 2.05) is 6.08 Å². The van der Waals surface area contributed by atoms with Crippen LogP contribution in [-0.4, -0.2) is 31.1 Å². The molecule has 2 heterocycles. The fourth-order valence-corrected chi connectivity index (χ4v) is 3.10. The molecule has 25 heavy (non-hydrogen) atoms. The van der Waals surface area contributed by atoms with Gasteiger partial charge in [0.2, 0.25) is 0 Å². The second kappa shape index (κ2) is 7.19. The van der Waals surface area contributed by atoms with Gasteiger partial charge in [-0.15, -0.1) is 0 Å². The molecule has 1 aromatic carbocycles. The molecule has 0 atom stereocenters. The molecule has 1 aromatic rings. The summed E-state index contributed by atoms with van der Waals surface area (Å²) in [6.45, 7) is 9.02. The fraction of sp³-hybridized carbons (Fsp3) is 0.316. The number of anilines is 2. The topological polar surface area (TPSA) is 45.7 Å². The summed E-state index contributed by atoms with van der Waals surface area (Å²) >= 11 is 0. The van der Waals surface area contributed by atoms with E-state index in [1.54, 1.807) is 12.2 Å². The number of ether oxygens (including phenoxy) is 1. The van der Waals surface area contributed by atoms with Crippen LogP contribution in [0.2, 0.25) is 0 Å². The van der Waals surface area contributed by atoms with E-state index in [0.717, 1.165) is 11.6 Å². The van der Waals surface area contributed by atoms with Gasteiger partial charge in [-0.05, 0) is 5.57 Å². The third kappa shape index (κ3) is 3.49. The molecule has 1 saturated heterocycles. The van der Waals surface area contributed by atoms with Crippen LogP contribution in [0.5, 0.6) is 0 Å². The smallest absolute Gasteiger partial charge is 0.161 e. The van der Waals surface area contributed by atoms with Crippen LogP contribution in [0, 0.1) is 11.6 Å². The van der Waals surface area contributed by atoms with Gasteiger partial charge in [0.05, 0.1) is 23.5 Å². The molecule has 0 amide bonds. The molecule has 0 aliphatic carbocycles. The summed E-state index contributed by atoms with van der Waals surface area (Å²) in [4.78, 5) is 4.68. The highest BCUT2D eigenvalue weighted by Crippen LogP contribution is 2.37. The lowest BCUT2D eigenvalue weighted by Crippen LogP contribution is -2.55. The molecular formula is C19H21F2N3O. The molecule has 6 heteroatoms. The van der Waals surface area contributed by atoms with Crippen molar-refractivity contribution in [2.75, 3.05) is 30.4 Å². The van der Waals surface area contributed by atoms with Gasteiger partial charge in [0.15, 0.2) is 11.6 Å². The van der Waals surface area contributed by atoms with Gasteiger partial charge in [0.1, 0.15) is 5.84 Å². The van der Waals surface area contributed by atoms with Crippen LogP contribution in [0.3, 0.4) is 0 Å². The largest absolute Gasteiger partial charge is 0.381 e. The number of fused-ring (bicyclic) bond motifs is 1. The van der Waals surface area contributed by atoms with Crippen LogP contribution in [0.4, 0.5) is 20.2 Å². The summed E-state index contributed by atoms with van der Waals surface area (Å²) < 4.78 is 32.7. The highest BCUT2D eigenvalue weighted by Gasteiger charge is 2.41. The molecular weight excluding hydrogens is 324 g/mol. The maximum Gasteiger partial charge on any atom is 0.161 e. The Morgan fingerprint density at radius 2 is 1.88 bits per heavy atom.